The monoisotopic (exact) mass is 477 g/mol. The predicted octanol–water partition coefficient (Wildman–Crippen LogP) is 4.89. The van der Waals surface area contributed by atoms with Gasteiger partial charge in [0.1, 0.15) is 0 Å². The van der Waals surface area contributed by atoms with Gasteiger partial charge in [0.25, 0.3) is 17.7 Å². The molecule has 0 atom stereocenters. The van der Waals surface area contributed by atoms with Crippen LogP contribution < -0.4 is 10.6 Å². The summed E-state index contributed by atoms with van der Waals surface area (Å²) in [6, 6.07) is 22.9. The van der Waals surface area contributed by atoms with E-state index in [-0.39, 0.29) is 29.5 Å². The van der Waals surface area contributed by atoms with Gasteiger partial charge in [-0.25, -0.2) is 9.97 Å². The van der Waals surface area contributed by atoms with Crippen LogP contribution in [0.2, 0.25) is 0 Å². The number of nitrogens with one attached hydrogen (secondary N) is 2. The zero-order valence-electron chi connectivity index (χ0n) is 19.8. The molecule has 0 saturated heterocycles. The molecule has 0 bridgehead atoms. The van der Waals surface area contributed by atoms with Gasteiger partial charge in [0, 0.05) is 28.3 Å². The molecule has 0 saturated carbocycles. The molecule has 0 spiro atoms. The molecule has 3 aromatic carbocycles. The molecule has 0 radical (unpaired) electrons. The van der Waals surface area contributed by atoms with Gasteiger partial charge < -0.3 is 10.6 Å². The number of hydrogen-bond acceptors (Lipinski definition) is 6. The average molecular weight is 478 g/mol. The van der Waals surface area contributed by atoms with Gasteiger partial charge >= 0.3 is 0 Å². The first kappa shape index (κ1) is 22.9. The number of carbonyl (C=O) groups is 3. The lowest BCUT2D eigenvalue weighted by atomic mass is 10.1. The first-order valence-corrected chi connectivity index (χ1v) is 11.4. The fourth-order valence-electron chi connectivity index (χ4n) is 4.13. The number of carbonyl (C=O) groups excluding carboxylic acids is 3. The molecule has 4 aromatic rings. The third-order valence-electron chi connectivity index (χ3n) is 5.78. The lowest BCUT2D eigenvalue weighted by Gasteiger charge is -2.13. The number of aromatic nitrogens is 2. The van der Waals surface area contributed by atoms with E-state index < -0.39 is 5.91 Å². The van der Waals surface area contributed by atoms with E-state index in [0.29, 0.717) is 22.9 Å². The number of aryl methyl sites for hydroxylation is 2. The third kappa shape index (κ3) is 4.69. The van der Waals surface area contributed by atoms with Crippen molar-refractivity contribution in [1.29, 1.82) is 0 Å². The maximum atomic E-state index is 13.0. The van der Waals surface area contributed by atoms with Gasteiger partial charge in [-0.2, -0.15) is 0 Å². The molecule has 1 aliphatic heterocycles. The number of anilines is 3. The smallest absolute Gasteiger partial charge is 0.261 e. The minimum atomic E-state index is -0.409. The summed E-state index contributed by atoms with van der Waals surface area (Å²) in [7, 11) is 0. The Balaban J connectivity index is 1.31. The van der Waals surface area contributed by atoms with Gasteiger partial charge in [0.05, 0.1) is 17.7 Å². The molecule has 0 fully saturated rings. The summed E-state index contributed by atoms with van der Waals surface area (Å²) in [5, 5.41) is 5.99. The highest BCUT2D eigenvalue weighted by atomic mass is 16.2. The number of rotatable bonds is 6. The van der Waals surface area contributed by atoms with Crippen molar-refractivity contribution in [2.24, 2.45) is 0 Å². The highest BCUT2D eigenvalue weighted by Gasteiger charge is 2.36. The van der Waals surface area contributed by atoms with Crippen LogP contribution in [-0.4, -0.2) is 32.6 Å². The topological polar surface area (TPSA) is 104 Å². The summed E-state index contributed by atoms with van der Waals surface area (Å²) in [5.74, 6) is -0.691. The van der Waals surface area contributed by atoms with E-state index in [0.717, 1.165) is 17.0 Å². The fraction of sp³-hybridized carbons (Fsp3) is 0.107. The second-order valence-electron chi connectivity index (χ2n) is 8.58. The molecule has 0 aliphatic carbocycles. The van der Waals surface area contributed by atoms with Crippen LogP contribution in [0, 0.1) is 13.8 Å². The van der Waals surface area contributed by atoms with E-state index in [2.05, 4.69) is 20.6 Å². The van der Waals surface area contributed by atoms with Crippen molar-refractivity contribution in [3.63, 3.8) is 0 Å². The minimum Gasteiger partial charge on any atom is -0.324 e. The van der Waals surface area contributed by atoms with Crippen LogP contribution >= 0.6 is 0 Å². The highest BCUT2D eigenvalue weighted by molar-refractivity contribution is 6.22. The largest absolute Gasteiger partial charge is 0.324 e. The predicted molar refractivity (Wildman–Crippen MR) is 136 cm³/mol. The number of hydrogen-bond donors (Lipinski definition) is 2. The van der Waals surface area contributed by atoms with E-state index in [1.54, 1.807) is 24.3 Å². The molecule has 5 rings (SSSR count). The first-order chi connectivity index (χ1) is 17.4. The second kappa shape index (κ2) is 9.42. The normalized spacial score (nSPS) is 12.4. The molecule has 2 N–H and O–H groups in total. The zero-order chi connectivity index (χ0) is 25.2. The molecular weight excluding hydrogens is 454 g/mol. The van der Waals surface area contributed by atoms with Crippen LogP contribution in [0.15, 0.2) is 78.9 Å². The van der Waals surface area contributed by atoms with Gasteiger partial charge in [0.15, 0.2) is 0 Å². The van der Waals surface area contributed by atoms with Gasteiger partial charge in [-0.3, -0.25) is 19.3 Å². The number of nitrogens with zero attached hydrogens (tertiary/aromatic N) is 3. The summed E-state index contributed by atoms with van der Waals surface area (Å²) in [4.78, 5) is 48.7. The Morgan fingerprint density at radius 1 is 0.778 bits per heavy atom. The van der Waals surface area contributed by atoms with Crippen LogP contribution in [0.3, 0.4) is 0 Å². The Bertz CT molecular complexity index is 1480. The van der Waals surface area contributed by atoms with E-state index in [9.17, 15) is 14.4 Å². The molecule has 3 amide bonds. The first-order valence-electron chi connectivity index (χ1n) is 11.4. The molecule has 0 unspecified atom stereocenters. The summed E-state index contributed by atoms with van der Waals surface area (Å²) in [6.07, 6.45) is 0. The number of amides is 3. The van der Waals surface area contributed by atoms with E-state index in [1.807, 2.05) is 56.3 Å². The van der Waals surface area contributed by atoms with Crippen molar-refractivity contribution >= 4 is 35.0 Å². The SMILES string of the molecule is Cc1cc(C)nc(Nc2cccc(NC(=O)c3ccc4c(c3)C(=O)N(Cc3ccccc3)C4=O)c2)n1. The van der Waals surface area contributed by atoms with Crippen LogP contribution in [-0.2, 0) is 6.54 Å². The van der Waals surface area contributed by atoms with Gasteiger partial charge in [-0.05, 0) is 61.9 Å². The van der Waals surface area contributed by atoms with Crippen molar-refractivity contribution in [3.8, 4) is 0 Å². The molecule has 8 heteroatoms. The fourth-order valence-corrected chi connectivity index (χ4v) is 4.13. The minimum absolute atomic E-state index is 0.179. The number of benzene rings is 3. The van der Waals surface area contributed by atoms with Crippen molar-refractivity contribution < 1.29 is 14.4 Å². The maximum absolute atomic E-state index is 13.0. The number of fused-ring (bicyclic) bond motifs is 1. The molecular formula is C28H23N5O3. The molecule has 1 aromatic heterocycles. The Morgan fingerprint density at radius 3 is 2.22 bits per heavy atom. The van der Waals surface area contributed by atoms with Gasteiger partial charge in [-0.1, -0.05) is 36.4 Å². The van der Waals surface area contributed by atoms with Crippen LogP contribution in [0.4, 0.5) is 17.3 Å². The van der Waals surface area contributed by atoms with E-state index in [4.69, 9.17) is 0 Å². The Kier molecular flexibility index (Phi) is 6.00. The van der Waals surface area contributed by atoms with E-state index in [1.165, 1.54) is 17.0 Å². The highest BCUT2D eigenvalue weighted by Crippen LogP contribution is 2.26. The molecule has 36 heavy (non-hydrogen) atoms. The number of imide groups is 1. The van der Waals surface area contributed by atoms with Crippen molar-refractivity contribution in [3.05, 3.63) is 113 Å². The summed E-state index contributed by atoms with van der Waals surface area (Å²) >= 11 is 0. The van der Waals surface area contributed by atoms with Crippen molar-refractivity contribution in [2.45, 2.75) is 20.4 Å². The summed E-state index contributed by atoms with van der Waals surface area (Å²) < 4.78 is 0. The average Bonchev–Trinajstić information content (AvgIpc) is 3.08. The quantitative estimate of drug-likeness (QED) is 0.384. The van der Waals surface area contributed by atoms with Crippen LogP contribution in [0.1, 0.15) is 48.0 Å². The second-order valence-corrected chi connectivity index (χ2v) is 8.58. The lowest BCUT2D eigenvalue weighted by Crippen LogP contribution is -2.29. The van der Waals surface area contributed by atoms with Gasteiger partial charge in [0.2, 0.25) is 5.95 Å². The molecule has 1 aliphatic rings. The van der Waals surface area contributed by atoms with Crippen molar-refractivity contribution in [1.82, 2.24) is 14.9 Å². The zero-order valence-corrected chi connectivity index (χ0v) is 19.8. The van der Waals surface area contributed by atoms with Crippen molar-refractivity contribution in [2.75, 3.05) is 10.6 Å². The lowest BCUT2D eigenvalue weighted by molar-refractivity contribution is 0.0642. The van der Waals surface area contributed by atoms with Crippen LogP contribution in [0.5, 0.6) is 0 Å². The van der Waals surface area contributed by atoms with Crippen LogP contribution in [0.25, 0.3) is 0 Å². The Labute approximate surface area is 208 Å². The summed E-state index contributed by atoms with van der Waals surface area (Å²) in [6.45, 7) is 3.97. The van der Waals surface area contributed by atoms with Gasteiger partial charge in [-0.15, -0.1) is 0 Å². The standard InChI is InChI=1S/C28H23N5O3/c1-17-13-18(2)30-28(29-17)32-22-10-6-9-21(15-22)31-25(34)20-11-12-23-24(14-20)27(36)33(26(23)35)16-19-7-4-3-5-8-19/h3-15H,16H2,1-2H3,(H,31,34)(H,29,30,32). The third-order valence-corrected chi connectivity index (χ3v) is 5.78. The molecule has 178 valence electrons. The van der Waals surface area contributed by atoms with E-state index >= 15 is 0 Å². The maximum Gasteiger partial charge on any atom is 0.261 e. The molecule has 8 nitrogen and oxygen atoms in total. The summed E-state index contributed by atoms with van der Waals surface area (Å²) in [5.41, 5.74) is 4.63. The Hall–Kier alpha value is -4.85. The Morgan fingerprint density at radius 2 is 1.47 bits per heavy atom. The molecule has 2 heterocycles.